The predicted molar refractivity (Wildman–Crippen MR) is 147 cm³/mol. The molecule has 0 spiro atoms. The van der Waals surface area contributed by atoms with Gasteiger partial charge >= 0.3 is 6.09 Å². The molecule has 3 aliphatic rings. The maximum atomic E-state index is 12.0. The number of benzene rings is 2. The summed E-state index contributed by atoms with van der Waals surface area (Å²) in [5.74, 6) is 1.69. The zero-order chi connectivity index (χ0) is 24.7. The summed E-state index contributed by atoms with van der Waals surface area (Å²) in [4.78, 5) is 12.0. The van der Waals surface area contributed by atoms with Crippen LogP contribution in [0.5, 0.6) is 0 Å². The maximum Gasteiger partial charge on any atom is 0.407 e. The van der Waals surface area contributed by atoms with Crippen LogP contribution in [0.1, 0.15) is 118 Å². The van der Waals surface area contributed by atoms with E-state index in [2.05, 4.69) is 59.2 Å². The molecule has 3 fully saturated rings. The Morgan fingerprint density at radius 1 is 0.833 bits per heavy atom. The van der Waals surface area contributed by atoms with Crippen molar-refractivity contribution in [2.24, 2.45) is 0 Å². The molecular weight excluding hydrogens is 444 g/mol. The van der Waals surface area contributed by atoms with Crippen molar-refractivity contribution in [3.8, 4) is 0 Å². The molecule has 0 radical (unpaired) electrons. The first-order chi connectivity index (χ1) is 17.7. The lowest BCUT2D eigenvalue weighted by molar-refractivity contribution is 0.106. The Labute approximate surface area is 217 Å². The van der Waals surface area contributed by atoms with Crippen LogP contribution in [0.2, 0.25) is 0 Å². The van der Waals surface area contributed by atoms with Crippen molar-refractivity contribution < 1.29 is 9.53 Å². The summed E-state index contributed by atoms with van der Waals surface area (Å²) in [5, 5.41) is 6.47. The third-order valence-corrected chi connectivity index (χ3v) is 8.87. The fourth-order valence-corrected chi connectivity index (χ4v) is 6.89. The third-order valence-electron chi connectivity index (χ3n) is 8.87. The lowest BCUT2D eigenvalue weighted by atomic mass is 9.79. The van der Waals surface area contributed by atoms with E-state index >= 15 is 0 Å². The van der Waals surface area contributed by atoms with Crippen molar-refractivity contribution in [1.82, 2.24) is 10.6 Å². The van der Waals surface area contributed by atoms with Crippen LogP contribution in [0.15, 0.2) is 48.5 Å². The molecule has 5 rings (SSSR count). The molecule has 1 heterocycles. The summed E-state index contributed by atoms with van der Waals surface area (Å²) >= 11 is 0. The largest absolute Gasteiger partial charge is 0.445 e. The summed E-state index contributed by atoms with van der Waals surface area (Å²) < 4.78 is 5.69. The van der Waals surface area contributed by atoms with Crippen LogP contribution in [0.25, 0.3) is 0 Å². The van der Waals surface area contributed by atoms with Gasteiger partial charge in [-0.05, 0) is 66.7 Å². The van der Waals surface area contributed by atoms with Crippen LogP contribution in [-0.2, 0) is 4.74 Å². The number of carbonyl (C=O) groups excluding carboxylic acids is 1. The molecule has 2 saturated carbocycles. The van der Waals surface area contributed by atoms with Gasteiger partial charge in [0.05, 0.1) is 0 Å². The molecule has 1 amide bonds. The standard InChI is InChI=1S/C32H44N2O2/c1-2-33-32(35)36-29-21-30(34-22-29)31(27-17-13-25(14-18-27)23-9-5-3-6-10-23)28-19-15-26(16-20-28)24-11-7-4-8-12-24/h13-20,23-24,29-31,34H,2-12,21-22H2,1H3,(H,33,35)/t29-,30?/m1/s1. The summed E-state index contributed by atoms with van der Waals surface area (Å²) in [6, 6.07) is 19.2. The number of rotatable bonds is 7. The number of hydrogen-bond acceptors (Lipinski definition) is 3. The van der Waals surface area contributed by atoms with Crippen LogP contribution in [-0.4, -0.2) is 31.3 Å². The molecule has 36 heavy (non-hydrogen) atoms. The molecule has 194 valence electrons. The predicted octanol–water partition coefficient (Wildman–Crippen LogP) is 7.39. The quantitative estimate of drug-likeness (QED) is 0.427. The highest BCUT2D eigenvalue weighted by Gasteiger charge is 2.34. The highest BCUT2D eigenvalue weighted by molar-refractivity contribution is 5.67. The second-order valence-corrected chi connectivity index (χ2v) is 11.3. The maximum absolute atomic E-state index is 12.0. The minimum Gasteiger partial charge on any atom is -0.445 e. The van der Waals surface area contributed by atoms with Crippen LogP contribution >= 0.6 is 0 Å². The van der Waals surface area contributed by atoms with E-state index in [4.69, 9.17) is 4.74 Å². The molecule has 4 nitrogen and oxygen atoms in total. The minimum atomic E-state index is -0.310. The SMILES string of the molecule is CCNC(=O)O[C@H]1CNC(C(c2ccc(C3CCCCC3)cc2)c2ccc(C3CCCCC3)cc2)C1. The second kappa shape index (κ2) is 12.3. The molecule has 1 saturated heterocycles. The molecule has 4 heteroatoms. The Bertz CT molecular complexity index is 897. The highest BCUT2D eigenvalue weighted by Crippen LogP contribution is 2.38. The normalized spacial score (nSPS) is 23.6. The van der Waals surface area contributed by atoms with Gasteiger partial charge in [0.25, 0.3) is 0 Å². The van der Waals surface area contributed by atoms with E-state index in [9.17, 15) is 4.79 Å². The van der Waals surface area contributed by atoms with Gasteiger partial charge in [0.15, 0.2) is 0 Å². The molecule has 2 aliphatic carbocycles. The van der Waals surface area contributed by atoms with Gasteiger partial charge in [-0.2, -0.15) is 0 Å². The fraction of sp³-hybridized carbons (Fsp3) is 0.594. The molecule has 1 unspecified atom stereocenters. The van der Waals surface area contributed by atoms with E-state index in [1.165, 1.54) is 86.5 Å². The first kappa shape index (κ1) is 25.3. The Hall–Kier alpha value is -2.33. The van der Waals surface area contributed by atoms with Gasteiger partial charge in [-0.25, -0.2) is 4.79 Å². The average Bonchev–Trinajstić information content (AvgIpc) is 3.38. The molecule has 2 aromatic carbocycles. The van der Waals surface area contributed by atoms with Gasteiger partial charge in [0, 0.05) is 31.5 Å². The smallest absolute Gasteiger partial charge is 0.407 e. The van der Waals surface area contributed by atoms with Crippen LogP contribution < -0.4 is 10.6 Å². The molecule has 0 bridgehead atoms. The van der Waals surface area contributed by atoms with E-state index in [1.807, 2.05) is 6.92 Å². The van der Waals surface area contributed by atoms with Crippen molar-refractivity contribution in [3.05, 3.63) is 70.8 Å². The lowest BCUT2D eigenvalue weighted by Gasteiger charge is -2.27. The first-order valence-electron chi connectivity index (χ1n) is 14.6. The first-order valence-corrected chi connectivity index (χ1v) is 14.6. The van der Waals surface area contributed by atoms with Crippen molar-refractivity contribution >= 4 is 6.09 Å². The van der Waals surface area contributed by atoms with E-state index in [-0.39, 0.29) is 24.2 Å². The number of alkyl carbamates (subject to hydrolysis) is 1. The van der Waals surface area contributed by atoms with Crippen molar-refractivity contribution in [3.63, 3.8) is 0 Å². The topological polar surface area (TPSA) is 50.4 Å². The Morgan fingerprint density at radius 3 is 1.81 bits per heavy atom. The summed E-state index contributed by atoms with van der Waals surface area (Å²) in [5.41, 5.74) is 5.72. The number of hydrogen-bond donors (Lipinski definition) is 2. The van der Waals surface area contributed by atoms with Gasteiger partial charge in [-0.1, -0.05) is 87.1 Å². The Morgan fingerprint density at radius 2 is 1.33 bits per heavy atom. The van der Waals surface area contributed by atoms with E-state index in [0.29, 0.717) is 13.1 Å². The summed E-state index contributed by atoms with van der Waals surface area (Å²) in [7, 11) is 0. The summed E-state index contributed by atoms with van der Waals surface area (Å²) in [6.07, 6.45) is 14.0. The number of amides is 1. The van der Waals surface area contributed by atoms with Crippen LogP contribution in [0, 0.1) is 0 Å². The molecule has 2 aromatic rings. The Balaban J connectivity index is 1.36. The average molecular weight is 489 g/mol. The lowest BCUT2D eigenvalue weighted by Crippen LogP contribution is -2.30. The monoisotopic (exact) mass is 488 g/mol. The molecule has 0 aromatic heterocycles. The second-order valence-electron chi connectivity index (χ2n) is 11.3. The third kappa shape index (κ3) is 6.14. The summed E-state index contributed by atoms with van der Waals surface area (Å²) in [6.45, 7) is 3.21. The van der Waals surface area contributed by atoms with Crippen molar-refractivity contribution in [2.45, 2.75) is 107 Å². The van der Waals surface area contributed by atoms with E-state index in [1.54, 1.807) is 0 Å². The molecular formula is C32H44N2O2. The van der Waals surface area contributed by atoms with Crippen LogP contribution in [0.4, 0.5) is 4.79 Å². The molecule has 2 atom stereocenters. The van der Waals surface area contributed by atoms with Crippen molar-refractivity contribution in [1.29, 1.82) is 0 Å². The number of carbonyl (C=O) groups is 1. The van der Waals surface area contributed by atoms with E-state index in [0.717, 1.165) is 18.3 Å². The molecule has 2 N–H and O–H groups in total. The van der Waals surface area contributed by atoms with E-state index < -0.39 is 0 Å². The fourth-order valence-electron chi connectivity index (χ4n) is 6.89. The van der Waals surface area contributed by atoms with Gasteiger partial charge in [0.2, 0.25) is 0 Å². The minimum absolute atomic E-state index is 0.0907. The Kier molecular flexibility index (Phi) is 8.63. The zero-order valence-corrected chi connectivity index (χ0v) is 22.0. The number of nitrogens with one attached hydrogen (secondary N) is 2. The van der Waals surface area contributed by atoms with Gasteiger partial charge in [-0.3, -0.25) is 0 Å². The van der Waals surface area contributed by atoms with Gasteiger partial charge < -0.3 is 15.4 Å². The highest BCUT2D eigenvalue weighted by atomic mass is 16.6. The van der Waals surface area contributed by atoms with Crippen molar-refractivity contribution in [2.75, 3.05) is 13.1 Å². The number of ether oxygens (including phenoxy) is 1. The van der Waals surface area contributed by atoms with Gasteiger partial charge in [0.1, 0.15) is 6.10 Å². The molecule has 1 aliphatic heterocycles. The van der Waals surface area contributed by atoms with Crippen LogP contribution in [0.3, 0.4) is 0 Å². The zero-order valence-electron chi connectivity index (χ0n) is 22.0. The van der Waals surface area contributed by atoms with Gasteiger partial charge in [-0.15, -0.1) is 0 Å².